The number of amides is 2. The van der Waals surface area contributed by atoms with Crippen molar-refractivity contribution in [3.8, 4) is 0 Å². The second-order valence-electron chi connectivity index (χ2n) is 2.75. The maximum Gasteiger partial charge on any atom is 0.411 e. The topological polar surface area (TPSA) is 128 Å². The van der Waals surface area contributed by atoms with E-state index in [4.69, 9.17) is 5.11 Å². The summed E-state index contributed by atoms with van der Waals surface area (Å²) in [5.41, 5.74) is 4.59. The number of carboxylic acid groups (broad SMARTS) is 1. The third kappa shape index (κ3) is 13.8. The highest BCUT2D eigenvalue weighted by Crippen LogP contribution is 1.88. The molecule has 0 rings (SSSR count). The molecule has 0 radical (unpaired) electrons. The van der Waals surface area contributed by atoms with Gasteiger partial charge in [-0.15, -0.1) is 0 Å². The molecule has 0 aliphatic rings. The van der Waals surface area contributed by atoms with Crippen LogP contribution >= 0.6 is 0 Å². The van der Waals surface area contributed by atoms with Crippen LogP contribution in [0.15, 0.2) is 11.8 Å². The molecular formula is C10H18N2O6. The average Bonchev–Trinajstić information content (AvgIpc) is 2.26. The summed E-state index contributed by atoms with van der Waals surface area (Å²) in [4.78, 5) is 30.4. The van der Waals surface area contributed by atoms with Gasteiger partial charge in [0.15, 0.2) is 0 Å². The molecule has 0 unspecified atom stereocenters. The first kappa shape index (κ1) is 18.1. The summed E-state index contributed by atoms with van der Waals surface area (Å²) in [6.45, 7) is 5.34. The molecule has 0 aromatic heterocycles. The van der Waals surface area contributed by atoms with E-state index in [0.29, 0.717) is 6.61 Å². The van der Waals surface area contributed by atoms with E-state index in [1.54, 1.807) is 13.8 Å². The van der Waals surface area contributed by atoms with Crippen molar-refractivity contribution in [3.63, 3.8) is 0 Å². The number of carbonyl (C=O) groups excluding carboxylic acids is 2. The lowest BCUT2D eigenvalue weighted by Gasteiger charge is -1.99. The summed E-state index contributed by atoms with van der Waals surface area (Å²) in [6, 6.07) is 0. The molecule has 4 N–H and O–H groups in total. The van der Waals surface area contributed by atoms with Gasteiger partial charge in [-0.1, -0.05) is 0 Å². The van der Waals surface area contributed by atoms with Crippen molar-refractivity contribution in [3.05, 3.63) is 11.8 Å². The van der Waals surface area contributed by atoms with Crippen LogP contribution in [-0.2, 0) is 14.3 Å². The molecule has 0 saturated carbocycles. The lowest BCUT2D eigenvalue weighted by Crippen LogP contribution is -2.19. The molecule has 0 saturated heterocycles. The predicted octanol–water partition coefficient (Wildman–Crippen LogP) is 0.823. The minimum atomic E-state index is -1.08. The highest BCUT2D eigenvalue weighted by molar-refractivity contribution is 5.86. The van der Waals surface area contributed by atoms with Gasteiger partial charge >= 0.3 is 18.2 Å². The van der Waals surface area contributed by atoms with E-state index in [2.05, 4.69) is 20.5 Å². The first-order chi connectivity index (χ1) is 8.34. The number of aliphatic carboxylic acids is 1. The van der Waals surface area contributed by atoms with Gasteiger partial charge in [0.05, 0.1) is 18.8 Å². The standard InChI is InChI=1S/C7H11NO4.C3H7NO2/c1-3-12-7(11)8-4-5(2)6(9)10;1-2-6-3(4)5/h4H,3H2,1-2H3,(H,8,11)(H,9,10);2H2,1H3,(H2,4,5). The largest absolute Gasteiger partial charge is 0.478 e. The summed E-state index contributed by atoms with van der Waals surface area (Å²) >= 11 is 0. The zero-order valence-corrected chi connectivity index (χ0v) is 10.6. The van der Waals surface area contributed by atoms with Crippen LogP contribution in [0.4, 0.5) is 9.59 Å². The Kier molecular flexibility index (Phi) is 11.3. The predicted molar refractivity (Wildman–Crippen MR) is 62.8 cm³/mol. The van der Waals surface area contributed by atoms with Crippen molar-refractivity contribution in [1.29, 1.82) is 0 Å². The number of rotatable bonds is 4. The van der Waals surface area contributed by atoms with Crippen molar-refractivity contribution < 1.29 is 29.0 Å². The molecule has 0 aliphatic heterocycles. The molecule has 0 fully saturated rings. The number of ether oxygens (including phenoxy) is 2. The Labute approximate surface area is 105 Å². The third-order valence-electron chi connectivity index (χ3n) is 1.31. The molecule has 0 atom stereocenters. The van der Waals surface area contributed by atoms with E-state index < -0.39 is 18.2 Å². The number of nitrogens with two attached hydrogens (primary N) is 1. The molecule has 0 bridgehead atoms. The molecule has 0 aromatic carbocycles. The molecule has 2 amide bonds. The second-order valence-corrected chi connectivity index (χ2v) is 2.75. The van der Waals surface area contributed by atoms with Crippen molar-refractivity contribution >= 4 is 18.2 Å². The molecule has 0 heterocycles. The Bertz CT molecular complexity index is 313. The van der Waals surface area contributed by atoms with Gasteiger partial charge in [0, 0.05) is 6.20 Å². The van der Waals surface area contributed by atoms with Crippen LogP contribution in [0.3, 0.4) is 0 Å². The summed E-state index contributed by atoms with van der Waals surface area (Å²) < 4.78 is 8.67. The van der Waals surface area contributed by atoms with Crippen molar-refractivity contribution in [2.75, 3.05) is 13.2 Å². The lowest BCUT2D eigenvalue weighted by atomic mass is 10.3. The Balaban J connectivity index is 0. The number of primary amides is 1. The third-order valence-corrected chi connectivity index (χ3v) is 1.31. The molecule has 0 spiro atoms. The zero-order chi connectivity index (χ0) is 14.6. The Morgan fingerprint density at radius 1 is 1.22 bits per heavy atom. The van der Waals surface area contributed by atoms with Crippen LogP contribution in [0.25, 0.3) is 0 Å². The number of hydrogen-bond donors (Lipinski definition) is 3. The van der Waals surface area contributed by atoms with E-state index in [1.165, 1.54) is 6.92 Å². The van der Waals surface area contributed by atoms with Gasteiger partial charge in [0.25, 0.3) is 0 Å². The van der Waals surface area contributed by atoms with Crippen LogP contribution in [0.2, 0.25) is 0 Å². The average molecular weight is 262 g/mol. The molecule has 104 valence electrons. The second kappa shape index (κ2) is 11.2. The highest BCUT2D eigenvalue weighted by Gasteiger charge is 2.01. The van der Waals surface area contributed by atoms with E-state index in [9.17, 15) is 14.4 Å². The van der Waals surface area contributed by atoms with Crippen molar-refractivity contribution in [1.82, 2.24) is 5.32 Å². The van der Waals surface area contributed by atoms with Crippen LogP contribution < -0.4 is 11.1 Å². The number of carboxylic acids is 1. The highest BCUT2D eigenvalue weighted by atomic mass is 16.5. The fourth-order valence-electron chi connectivity index (χ4n) is 0.544. The number of nitrogens with one attached hydrogen (secondary N) is 1. The van der Waals surface area contributed by atoms with Crippen molar-refractivity contribution in [2.45, 2.75) is 20.8 Å². The Hall–Kier alpha value is -2.25. The smallest absolute Gasteiger partial charge is 0.411 e. The van der Waals surface area contributed by atoms with Gasteiger partial charge in [0.1, 0.15) is 0 Å². The van der Waals surface area contributed by atoms with E-state index >= 15 is 0 Å². The fourth-order valence-corrected chi connectivity index (χ4v) is 0.544. The number of hydrogen-bond acceptors (Lipinski definition) is 5. The first-order valence-corrected chi connectivity index (χ1v) is 5.10. The van der Waals surface area contributed by atoms with E-state index in [-0.39, 0.29) is 12.2 Å². The molecule has 8 nitrogen and oxygen atoms in total. The van der Waals surface area contributed by atoms with Crippen molar-refractivity contribution in [2.24, 2.45) is 5.73 Å². The molecule has 18 heavy (non-hydrogen) atoms. The van der Waals surface area contributed by atoms with Crippen LogP contribution in [0, 0.1) is 0 Å². The summed E-state index contributed by atoms with van der Waals surface area (Å²) in [5, 5.41) is 10.5. The van der Waals surface area contributed by atoms with Gasteiger partial charge in [-0.2, -0.15) is 0 Å². The van der Waals surface area contributed by atoms with Gasteiger partial charge in [0.2, 0.25) is 0 Å². The quantitative estimate of drug-likeness (QED) is 0.643. The minimum Gasteiger partial charge on any atom is -0.478 e. The Morgan fingerprint density at radius 2 is 1.72 bits per heavy atom. The van der Waals surface area contributed by atoms with E-state index in [0.717, 1.165) is 6.20 Å². The summed E-state index contributed by atoms with van der Waals surface area (Å²) in [7, 11) is 0. The van der Waals surface area contributed by atoms with Gasteiger partial charge in [-0.3, -0.25) is 5.32 Å². The summed E-state index contributed by atoms with van der Waals surface area (Å²) in [6.07, 6.45) is -0.282. The lowest BCUT2D eigenvalue weighted by molar-refractivity contribution is -0.132. The molecular weight excluding hydrogens is 244 g/mol. The Morgan fingerprint density at radius 3 is 2.00 bits per heavy atom. The number of carbonyl (C=O) groups is 3. The maximum atomic E-state index is 10.6. The van der Waals surface area contributed by atoms with Gasteiger partial charge in [-0.05, 0) is 20.8 Å². The summed E-state index contributed by atoms with van der Waals surface area (Å²) in [5.74, 6) is -1.08. The van der Waals surface area contributed by atoms with Crippen LogP contribution in [0.5, 0.6) is 0 Å². The first-order valence-electron chi connectivity index (χ1n) is 5.10. The molecule has 0 aliphatic carbocycles. The SMILES string of the molecule is CCOC(=O)NC=C(C)C(=O)O.CCOC(N)=O. The molecule has 0 aromatic rings. The van der Waals surface area contributed by atoms with Gasteiger partial charge < -0.3 is 20.3 Å². The number of alkyl carbamates (subject to hydrolysis) is 1. The monoisotopic (exact) mass is 262 g/mol. The van der Waals surface area contributed by atoms with Crippen LogP contribution in [0.1, 0.15) is 20.8 Å². The zero-order valence-electron chi connectivity index (χ0n) is 10.6. The normalized spacial score (nSPS) is 9.61. The maximum absolute atomic E-state index is 10.6. The van der Waals surface area contributed by atoms with E-state index in [1.807, 2.05) is 0 Å². The van der Waals surface area contributed by atoms with Gasteiger partial charge in [-0.25, -0.2) is 14.4 Å². The minimum absolute atomic E-state index is 0.0445. The molecule has 8 heteroatoms. The van der Waals surface area contributed by atoms with Crippen LogP contribution in [-0.4, -0.2) is 36.5 Å². The fraction of sp³-hybridized carbons (Fsp3) is 0.500.